The fourth-order valence-electron chi connectivity index (χ4n) is 5.51. The Morgan fingerprint density at radius 1 is 0.475 bits per heavy atom. The van der Waals surface area contributed by atoms with Crippen LogP contribution in [0.25, 0.3) is 21.5 Å². The number of nitrogens with one attached hydrogen (secondary N) is 4. The lowest BCUT2D eigenvalue weighted by atomic mass is 10.1. The molecule has 0 unspecified atom stereocenters. The van der Waals surface area contributed by atoms with Gasteiger partial charge in [-0.15, -0.1) is 12.4 Å². The highest BCUT2D eigenvalue weighted by atomic mass is 35.5. The minimum atomic E-state index is -0.289. The molecule has 0 bridgehead atoms. The van der Waals surface area contributed by atoms with Gasteiger partial charge in [-0.05, 0) is 45.8 Å². The molecule has 0 spiro atoms. The van der Waals surface area contributed by atoms with Crippen molar-refractivity contribution in [3.8, 4) is 0 Å². The van der Waals surface area contributed by atoms with E-state index in [4.69, 9.17) is 0 Å². The molecule has 19 heteroatoms. The van der Waals surface area contributed by atoms with Gasteiger partial charge in [0.2, 0.25) is 23.6 Å². The summed E-state index contributed by atoms with van der Waals surface area (Å²) in [6.45, 7) is 4.99. The minimum Gasteiger partial charge on any atom is -0.354 e. The highest BCUT2D eigenvalue weighted by Crippen LogP contribution is 2.18. The predicted molar refractivity (Wildman–Crippen MR) is 253 cm³/mol. The number of nitrogens with zero attached hydrogens (tertiary/aromatic N) is 2. The van der Waals surface area contributed by atoms with Gasteiger partial charge in [0.25, 0.3) is 11.8 Å². The Labute approximate surface area is 381 Å². The van der Waals surface area contributed by atoms with Crippen LogP contribution in [-0.2, 0) is 28.8 Å². The third kappa shape index (κ3) is 19.7. The highest BCUT2D eigenvalue weighted by Gasteiger charge is 2.18. The van der Waals surface area contributed by atoms with Crippen molar-refractivity contribution in [3.05, 3.63) is 96.1 Å². The van der Waals surface area contributed by atoms with Gasteiger partial charge < -0.3 is 31.1 Å². The first-order valence-electron chi connectivity index (χ1n) is 18.9. The summed E-state index contributed by atoms with van der Waals surface area (Å²) in [6.07, 6.45) is 0. The van der Waals surface area contributed by atoms with Crippen LogP contribution in [0, 0.1) is 0 Å². The molecule has 4 rings (SSSR count). The van der Waals surface area contributed by atoms with Gasteiger partial charge in [-0.2, -0.15) is 25.3 Å². The van der Waals surface area contributed by atoms with Crippen molar-refractivity contribution in [1.82, 2.24) is 31.1 Å². The van der Waals surface area contributed by atoms with Crippen molar-refractivity contribution in [3.63, 3.8) is 0 Å². The summed E-state index contributed by atoms with van der Waals surface area (Å²) >= 11 is 9.67. The Morgan fingerprint density at radius 3 is 1.10 bits per heavy atom. The van der Waals surface area contributed by atoms with Crippen molar-refractivity contribution >= 4 is 128 Å². The quantitative estimate of drug-likeness (QED) is 0.0710. The zero-order valence-electron chi connectivity index (χ0n) is 33.8. The Hall–Kier alpha value is -4.75. The van der Waals surface area contributed by atoms with Crippen LogP contribution >= 0.6 is 61.2 Å². The summed E-state index contributed by atoms with van der Waals surface area (Å²) in [7, 11) is 0. The molecule has 0 aliphatic heterocycles. The summed E-state index contributed by atoms with van der Waals surface area (Å²) in [6, 6.07) is 26.5. The van der Waals surface area contributed by atoms with Gasteiger partial charge in [-0.1, -0.05) is 84.2 Å². The largest absolute Gasteiger partial charge is 0.354 e. The van der Waals surface area contributed by atoms with E-state index in [1.165, 1.54) is 13.8 Å². The number of thioether (sulfide) groups is 2. The molecular formula is C42H51ClN6O8S4. The van der Waals surface area contributed by atoms with Crippen LogP contribution in [0.15, 0.2) is 84.9 Å². The summed E-state index contributed by atoms with van der Waals surface area (Å²) < 4.78 is 0. The molecule has 0 aliphatic rings. The fraction of sp³-hybridized carbons (Fsp3) is 0.333. The first-order valence-corrected chi connectivity index (χ1v) is 22.2. The predicted octanol–water partition coefficient (Wildman–Crippen LogP) is 3.87. The van der Waals surface area contributed by atoms with E-state index < -0.39 is 0 Å². The Kier molecular flexibility index (Phi) is 24.7. The second-order valence-electron chi connectivity index (χ2n) is 13.0. The van der Waals surface area contributed by atoms with E-state index in [-0.39, 0.29) is 107 Å². The number of hydrogen-bond donors (Lipinski definition) is 6. The lowest BCUT2D eigenvalue weighted by Gasteiger charge is -2.23. The standard InChI is InChI=1S/C23H27N3O5S2.C19H23N3O3S2.ClH/c1-16(27)32-14-21(29)24-9-11-26(12-10-25-22(30)15-33-17(2)28)23(31)20-8-7-18-5-3-4-6-19(18)13-20;23-17(12-26)20-7-9-22(10-8-21-18(24)13-27)19(25)16-6-5-14-3-1-2-4-15(14)11-16;/h3-8,13H,9-12,14-15H2,1-2H3,(H,24,29)(H,25,30);1-6,11,26-27H,7-10,12-13H2,(H,20,23)(H,21,24);1H. The zero-order chi connectivity index (χ0) is 43.9. The topological polar surface area (TPSA) is 191 Å². The van der Waals surface area contributed by atoms with Gasteiger partial charge in [0.1, 0.15) is 0 Å². The monoisotopic (exact) mass is 930 g/mol. The molecule has 0 saturated heterocycles. The molecule has 0 heterocycles. The average Bonchev–Trinajstić information content (AvgIpc) is 3.25. The van der Waals surface area contributed by atoms with Gasteiger partial charge in [0, 0.05) is 77.3 Å². The van der Waals surface area contributed by atoms with Gasteiger partial charge in [-0.25, -0.2) is 0 Å². The molecule has 61 heavy (non-hydrogen) atoms. The molecule has 0 aromatic heterocycles. The van der Waals surface area contributed by atoms with Gasteiger partial charge in [-0.3, -0.25) is 38.4 Å². The number of carbonyl (C=O) groups excluding carboxylic acids is 8. The van der Waals surface area contributed by atoms with Crippen molar-refractivity contribution in [2.45, 2.75) is 13.8 Å². The second kappa shape index (κ2) is 28.7. The molecule has 0 saturated carbocycles. The third-order valence-corrected chi connectivity index (χ3v) is 10.7. The first kappa shape index (κ1) is 52.4. The lowest BCUT2D eigenvalue weighted by Crippen LogP contribution is -2.43. The first-order chi connectivity index (χ1) is 28.8. The average molecular weight is 932 g/mol. The van der Waals surface area contributed by atoms with Crippen LogP contribution in [0.1, 0.15) is 34.6 Å². The second-order valence-corrected chi connectivity index (χ2v) is 15.9. The van der Waals surface area contributed by atoms with E-state index in [1.807, 2.05) is 72.8 Å². The SMILES string of the molecule is CC(=O)SCC(=O)NCCN(CCNC(=O)CSC(C)=O)C(=O)c1ccc2ccccc2c1.Cl.O=C(CS)NCCN(CCNC(=O)CS)C(=O)c1ccc2ccccc2c1. The number of rotatable bonds is 20. The molecule has 4 aromatic carbocycles. The molecule has 0 aliphatic carbocycles. The van der Waals surface area contributed by atoms with E-state index in [1.54, 1.807) is 21.9 Å². The van der Waals surface area contributed by atoms with Gasteiger partial charge in [0.15, 0.2) is 10.2 Å². The van der Waals surface area contributed by atoms with Crippen LogP contribution in [0.3, 0.4) is 0 Å². The van der Waals surface area contributed by atoms with E-state index in [2.05, 4.69) is 46.5 Å². The molecular weight excluding hydrogens is 880 g/mol. The Bertz CT molecular complexity index is 2090. The van der Waals surface area contributed by atoms with E-state index in [0.717, 1.165) is 45.1 Å². The van der Waals surface area contributed by atoms with Crippen molar-refractivity contribution in [2.24, 2.45) is 0 Å². The lowest BCUT2D eigenvalue weighted by molar-refractivity contribution is -0.119. The van der Waals surface area contributed by atoms with Crippen molar-refractivity contribution in [2.75, 3.05) is 75.4 Å². The zero-order valence-corrected chi connectivity index (χ0v) is 38.1. The van der Waals surface area contributed by atoms with Crippen LogP contribution in [0.2, 0.25) is 0 Å². The van der Waals surface area contributed by atoms with Crippen LogP contribution < -0.4 is 21.3 Å². The number of hydrogen-bond acceptors (Lipinski definition) is 12. The van der Waals surface area contributed by atoms with E-state index in [9.17, 15) is 38.4 Å². The molecule has 328 valence electrons. The van der Waals surface area contributed by atoms with Crippen molar-refractivity contribution < 1.29 is 38.4 Å². The van der Waals surface area contributed by atoms with Crippen molar-refractivity contribution in [1.29, 1.82) is 0 Å². The summed E-state index contributed by atoms with van der Waals surface area (Å²) in [5.41, 5.74) is 1.07. The number of fused-ring (bicyclic) bond motifs is 2. The number of amides is 6. The summed E-state index contributed by atoms with van der Waals surface area (Å²) in [5.74, 6) is -1.10. The number of carbonyl (C=O) groups is 8. The Morgan fingerprint density at radius 2 is 0.787 bits per heavy atom. The molecule has 14 nitrogen and oxygen atoms in total. The van der Waals surface area contributed by atoms with Gasteiger partial charge in [0.05, 0.1) is 23.0 Å². The van der Waals surface area contributed by atoms with E-state index >= 15 is 0 Å². The summed E-state index contributed by atoms with van der Waals surface area (Å²) in [4.78, 5) is 97.8. The smallest absolute Gasteiger partial charge is 0.253 e. The van der Waals surface area contributed by atoms with E-state index in [0.29, 0.717) is 37.3 Å². The highest BCUT2D eigenvalue weighted by molar-refractivity contribution is 8.14. The van der Waals surface area contributed by atoms with Gasteiger partial charge >= 0.3 is 0 Å². The maximum Gasteiger partial charge on any atom is 0.253 e. The number of halogens is 1. The Balaban J connectivity index is 0.000000421. The maximum absolute atomic E-state index is 13.2. The molecule has 4 N–H and O–H groups in total. The number of thiol groups is 2. The van der Waals surface area contributed by atoms with Crippen LogP contribution in [-0.4, -0.2) is 131 Å². The minimum absolute atomic E-state index is 0. The third-order valence-electron chi connectivity index (χ3n) is 8.48. The molecule has 0 atom stereocenters. The normalized spacial score (nSPS) is 10.3. The fourth-order valence-corrected chi connectivity index (χ4v) is 6.61. The maximum atomic E-state index is 13.2. The van der Waals surface area contributed by atoms with Crippen LogP contribution in [0.4, 0.5) is 0 Å². The van der Waals surface area contributed by atoms with Crippen LogP contribution in [0.5, 0.6) is 0 Å². The summed E-state index contributed by atoms with van der Waals surface area (Å²) in [5, 5.41) is 14.5. The number of benzene rings is 4. The molecule has 0 fully saturated rings. The molecule has 6 amide bonds. The molecule has 4 aromatic rings. The molecule has 0 radical (unpaired) electrons.